The third-order valence-electron chi connectivity index (χ3n) is 11.7. The number of nitrogens with zero attached hydrogens (tertiary/aromatic N) is 2. The van der Waals surface area contributed by atoms with Gasteiger partial charge < -0.3 is 9.47 Å². The lowest BCUT2D eigenvalue weighted by Gasteiger charge is -2.26. The van der Waals surface area contributed by atoms with Crippen molar-refractivity contribution in [2.75, 3.05) is 4.90 Å². The zero-order valence-corrected chi connectivity index (χ0v) is 34.5. The summed E-state index contributed by atoms with van der Waals surface area (Å²) in [5, 5.41) is 2.45. The number of fused-ring (bicyclic) bond motifs is 3. The number of aromatic nitrogens is 1. The van der Waals surface area contributed by atoms with Crippen molar-refractivity contribution in [1.82, 2.24) is 4.57 Å². The molecule has 10 aromatic rings. The van der Waals surface area contributed by atoms with Crippen molar-refractivity contribution in [1.29, 1.82) is 0 Å². The zero-order chi connectivity index (χ0) is 40.7. The summed E-state index contributed by atoms with van der Waals surface area (Å²) < 4.78 is 2.53. The lowest BCUT2D eigenvalue weighted by Crippen LogP contribution is -2.10. The second-order valence-corrected chi connectivity index (χ2v) is 16.2. The largest absolute Gasteiger partial charge is 0.310 e. The highest BCUT2D eigenvalue weighted by molar-refractivity contribution is 6.11. The first kappa shape index (κ1) is 36.9. The summed E-state index contributed by atoms with van der Waals surface area (Å²) >= 11 is 0. The van der Waals surface area contributed by atoms with Crippen LogP contribution in [0.4, 0.5) is 17.1 Å². The average Bonchev–Trinajstić information content (AvgIpc) is 3.60. The molecule has 0 spiro atoms. The first-order chi connectivity index (χ1) is 29.4. The van der Waals surface area contributed by atoms with Gasteiger partial charge in [-0.05, 0) is 104 Å². The Balaban J connectivity index is 1.23. The molecule has 0 fully saturated rings. The van der Waals surface area contributed by atoms with Gasteiger partial charge in [0.25, 0.3) is 0 Å². The summed E-state index contributed by atoms with van der Waals surface area (Å²) in [6.45, 7) is 8.79. The molecule has 2 nitrogen and oxygen atoms in total. The van der Waals surface area contributed by atoms with Crippen LogP contribution in [-0.4, -0.2) is 4.57 Å². The van der Waals surface area contributed by atoms with E-state index < -0.39 is 0 Å². The third kappa shape index (κ3) is 6.86. The van der Waals surface area contributed by atoms with Crippen LogP contribution in [0.2, 0.25) is 0 Å². The summed E-state index contributed by atoms with van der Waals surface area (Å²) in [6.07, 6.45) is 0. The highest BCUT2D eigenvalue weighted by Gasteiger charge is 2.22. The minimum absolute atomic E-state index is 1.09. The number of para-hydroxylation sites is 2. The molecular weight excluding hydrogens is 725 g/mol. The van der Waals surface area contributed by atoms with E-state index in [1.807, 2.05) is 0 Å². The van der Waals surface area contributed by atoms with Gasteiger partial charge in [0.1, 0.15) is 0 Å². The Morgan fingerprint density at radius 1 is 0.300 bits per heavy atom. The molecule has 288 valence electrons. The van der Waals surface area contributed by atoms with Crippen molar-refractivity contribution in [3.63, 3.8) is 0 Å². The van der Waals surface area contributed by atoms with Crippen molar-refractivity contribution in [2.45, 2.75) is 27.7 Å². The Labute approximate surface area is 353 Å². The monoisotopic (exact) mass is 770 g/mol. The Bertz CT molecular complexity index is 2960. The fourth-order valence-electron chi connectivity index (χ4n) is 9.16. The smallest absolute Gasteiger partial charge is 0.0618 e. The molecule has 10 rings (SSSR count). The van der Waals surface area contributed by atoms with E-state index >= 15 is 0 Å². The quantitative estimate of drug-likeness (QED) is 0.149. The molecule has 1 heterocycles. The molecular formula is C58H46N2. The molecule has 0 atom stereocenters. The first-order valence-corrected chi connectivity index (χ1v) is 20.8. The van der Waals surface area contributed by atoms with Crippen LogP contribution in [0.15, 0.2) is 206 Å². The van der Waals surface area contributed by atoms with Crippen LogP contribution in [0.3, 0.4) is 0 Å². The van der Waals surface area contributed by atoms with Crippen molar-refractivity contribution >= 4 is 38.9 Å². The predicted octanol–water partition coefficient (Wildman–Crippen LogP) is 16.2. The molecule has 9 aromatic carbocycles. The third-order valence-corrected chi connectivity index (χ3v) is 11.7. The number of benzene rings is 9. The van der Waals surface area contributed by atoms with Gasteiger partial charge in [0.05, 0.1) is 16.7 Å². The molecule has 2 heteroatoms. The first-order valence-electron chi connectivity index (χ1n) is 20.8. The molecule has 0 aliphatic heterocycles. The van der Waals surface area contributed by atoms with Crippen LogP contribution in [0, 0.1) is 27.7 Å². The van der Waals surface area contributed by atoms with Crippen LogP contribution < -0.4 is 4.90 Å². The standard InChI is InChI=1S/C58H46N2/c1-39-32-40(2)35-47(34-39)52-19-13-20-53(48-36-41(3)33-42(4)37-48)58(52)60-56-21-12-11-18-54(56)55-31-30-51(38-57(55)60)59(49-26-22-45(23-27-49)43-14-7-5-8-15-43)50-28-24-46(25-29-50)44-16-9-6-10-17-44/h5-38H,1-4H3. The van der Waals surface area contributed by atoms with E-state index in [4.69, 9.17) is 0 Å². The SMILES string of the molecule is Cc1cc(C)cc(-c2cccc(-c3cc(C)cc(C)c3)c2-n2c3ccccc3c3ccc(N(c4ccc(-c5ccccc5)cc4)c4ccc(-c5ccccc5)cc4)cc32)c1. The molecule has 0 N–H and O–H groups in total. The van der Waals surface area contributed by atoms with Crippen LogP contribution in [0.25, 0.3) is 72.0 Å². The summed E-state index contributed by atoms with van der Waals surface area (Å²) in [7, 11) is 0. The normalized spacial score (nSPS) is 11.3. The Hall–Kier alpha value is -7.42. The molecule has 0 radical (unpaired) electrons. The maximum atomic E-state index is 2.53. The van der Waals surface area contributed by atoms with Crippen molar-refractivity contribution in [3.05, 3.63) is 229 Å². The van der Waals surface area contributed by atoms with Crippen LogP contribution in [-0.2, 0) is 0 Å². The lowest BCUT2D eigenvalue weighted by atomic mass is 9.92. The molecule has 60 heavy (non-hydrogen) atoms. The number of hydrogen-bond acceptors (Lipinski definition) is 1. The van der Waals surface area contributed by atoms with Crippen LogP contribution in [0.1, 0.15) is 22.3 Å². The highest BCUT2D eigenvalue weighted by Crippen LogP contribution is 2.45. The second-order valence-electron chi connectivity index (χ2n) is 16.2. The van der Waals surface area contributed by atoms with Gasteiger partial charge in [-0.2, -0.15) is 0 Å². The zero-order valence-electron chi connectivity index (χ0n) is 34.5. The molecule has 1 aromatic heterocycles. The maximum absolute atomic E-state index is 2.53. The van der Waals surface area contributed by atoms with E-state index in [9.17, 15) is 0 Å². The van der Waals surface area contributed by atoms with Crippen LogP contribution >= 0.6 is 0 Å². The predicted molar refractivity (Wildman–Crippen MR) is 256 cm³/mol. The van der Waals surface area contributed by atoms with Crippen molar-refractivity contribution in [2.24, 2.45) is 0 Å². The van der Waals surface area contributed by atoms with Crippen molar-refractivity contribution in [3.8, 4) is 50.2 Å². The van der Waals surface area contributed by atoms with E-state index in [1.165, 1.54) is 88.7 Å². The number of anilines is 3. The van der Waals surface area contributed by atoms with Gasteiger partial charge in [0, 0.05) is 39.0 Å². The van der Waals surface area contributed by atoms with Gasteiger partial charge in [0.2, 0.25) is 0 Å². The second kappa shape index (κ2) is 15.4. The summed E-state index contributed by atoms with van der Waals surface area (Å²) in [5.41, 5.74) is 21.4. The maximum Gasteiger partial charge on any atom is 0.0618 e. The van der Waals surface area contributed by atoms with Gasteiger partial charge >= 0.3 is 0 Å². The van der Waals surface area contributed by atoms with Crippen molar-refractivity contribution < 1.29 is 0 Å². The lowest BCUT2D eigenvalue weighted by molar-refractivity contribution is 1.18. The molecule has 0 aliphatic carbocycles. The highest BCUT2D eigenvalue weighted by atomic mass is 15.1. The minimum atomic E-state index is 1.09. The molecule has 0 bridgehead atoms. The molecule has 0 amide bonds. The van der Waals surface area contributed by atoms with E-state index in [0.717, 1.165) is 22.6 Å². The van der Waals surface area contributed by atoms with E-state index in [1.54, 1.807) is 0 Å². The fraction of sp³-hybridized carbons (Fsp3) is 0.0690. The average molecular weight is 771 g/mol. The van der Waals surface area contributed by atoms with E-state index in [2.05, 4.69) is 243 Å². The summed E-state index contributed by atoms with van der Waals surface area (Å²) in [6, 6.07) is 75.7. The van der Waals surface area contributed by atoms with Gasteiger partial charge in [-0.25, -0.2) is 0 Å². The molecule has 0 saturated heterocycles. The molecule has 0 saturated carbocycles. The Kier molecular flexibility index (Phi) is 9.47. The van der Waals surface area contributed by atoms with E-state index in [-0.39, 0.29) is 0 Å². The molecule has 0 aliphatic rings. The molecule has 0 unspecified atom stereocenters. The fourth-order valence-corrected chi connectivity index (χ4v) is 9.16. The number of aryl methyl sites for hydroxylation is 4. The topological polar surface area (TPSA) is 8.17 Å². The van der Waals surface area contributed by atoms with Crippen LogP contribution in [0.5, 0.6) is 0 Å². The number of rotatable bonds is 8. The van der Waals surface area contributed by atoms with Gasteiger partial charge in [-0.1, -0.05) is 186 Å². The summed E-state index contributed by atoms with van der Waals surface area (Å²) in [5.74, 6) is 0. The Morgan fingerprint density at radius 2 is 0.717 bits per heavy atom. The van der Waals surface area contributed by atoms with Gasteiger partial charge in [-0.3, -0.25) is 0 Å². The Morgan fingerprint density at radius 3 is 1.22 bits per heavy atom. The minimum Gasteiger partial charge on any atom is -0.310 e. The number of hydrogen-bond donors (Lipinski definition) is 0. The van der Waals surface area contributed by atoms with Gasteiger partial charge in [0.15, 0.2) is 0 Å². The van der Waals surface area contributed by atoms with E-state index in [0.29, 0.717) is 0 Å². The summed E-state index contributed by atoms with van der Waals surface area (Å²) in [4.78, 5) is 2.39. The van der Waals surface area contributed by atoms with Gasteiger partial charge in [-0.15, -0.1) is 0 Å².